The first-order valence-electron chi connectivity index (χ1n) is 8.39. The van der Waals surface area contributed by atoms with Crippen LogP contribution in [-0.4, -0.2) is 27.7 Å². The zero-order chi connectivity index (χ0) is 16.4. The highest BCUT2D eigenvalue weighted by atomic mass is 15.3. The van der Waals surface area contributed by atoms with Crippen LogP contribution in [-0.2, 0) is 0 Å². The number of piperidine rings is 1. The van der Waals surface area contributed by atoms with Crippen molar-refractivity contribution >= 4 is 23.6 Å². The minimum absolute atomic E-state index is 0.423. The fourth-order valence-electron chi connectivity index (χ4n) is 3.20. The molecule has 1 fully saturated rings. The van der Waals surface area contributed by atoms with Gasteiger partial charge in [0.05, 0.1) is 11.9 Å². The van der Waals surface area contributed by atoms with Gasteiger partial charge in [-0.3, -0.25) is 0 Å². The fraction of sp³-hybridized carbons (Fsp3) is 0.263. The molecule has 0 spiro atoms. The molecule has 4 rings (SSSR count). The molecule has 3 aromatic rings. The van der Waals surface area contributed by atoms with Crippen LogP contribution in [0.2, 0.25) is 0 Å². The summed E-state index contributed by atoms with van der Waals surface area (Å²) in [6.07, 6.45) is 8.27. The number of nitrogens with two attached hydrogens (primary N) is 1. The van der Waals surface area contributed by atoms with Crippen LogP contribution in [0.1, 0.15) is 35.6 Å². The average Bonchev–Trinajstić information content (AvgIpc) is 3.05. The molecule has 5 heteroatoms. The Kier molecular flexibility index (Phi) is 4.01. The molecule has 3 heterocycles. The number of fused-ring (bicyclic) bond motifs is 1. The van der Waals surface area contributed by atoms with Gasteiger partial charge in [0.15, 0.2) is 5.65 Å². The van der Waals surface area contributed by atoms with Crippen LogP contribution in [0.4, 0.5) is 5.82 Å². The number of benzene rings is 1. The molecule has 122 valence electrons. The second-order valence-electron chi connectivity index (χ2n) is 6.23. The second kappa shape index (κ2) is 6.45. The third-order valence-electron chi connectivity index (χ3n) is 4.52. The third kappa shape index (κ3) is 2.90. The van der Waals surface area contributed by atoms with Gasteiger partial charge in [-0.25, -0.2) is 4.98 Å². The Bertz CT molecular complexity index is 860. The summed E-state index contributed by atoms with van der Waals surface area (Å²) in [5, 5.41) is 7.82. The molecule has 1 aromatic carbocycles. The first kappa shape index (κ1) is 14.9. The molecule has 0 bridgehead atoms. The summed E-state index contributed by atoms with van der Waals surface area (Å²) < 4.78 is 1.71. The van der Waals surface area contributed by atoms with Gasteiger partial charge >= 0.3 is 0 Å². The molecule has 1 aliphatic heterocycles. The van der Waals surface area contributed by atoms with Crippen LogP contribution >= 0.6 is 0 Å². The SMILES string of the molecule is Nc1cc(C2CCCNC2)nc2c(C=Cc3ccccc3)cnn12. The normalized spacial score (nSPS) is 18.4. The van der Waals surface area contributed by atoms with Gasteiger partial charge in [-0.05, 0) is 31.0 Å². The highest BCUT2D eigenvalue weighted by Gasteiger charge is 2.18. The molecule has 1 atom stereocenters. The largest absolute Gasteiger partial charge is 0.384 e. The zero-order valence-electron chi connectivity index (χ0n) is 13.5. The number of nitrogens with one attached hydrogen (secondary N) is 1. The second-order valence-corrected chi connectivity index (χ2v) is 6.23. The van der Waals surface area contributed by atoms with Gasteiger partial charge in [0, 0.05) is 24.1 Å². The van der Waals surface area contributed by atoms with Crippen LogP contribution in [0.15, 0.2) is 42.6 Å². The lowest BCUT2D eigenvalue weighted by Crippen LogP contribution is -2.29. The number of hydrogen-bond donors (Lipinski definition) is 2. The maximum absolute atomic E-state index is 6.20. The fourth-order valence-corrected chi connectivity index (χ4v) is 3.20. The number of hydrogen-bond acceptors (Lipinski definition) is 4. The molecule has 1 aliphatic rings. The van der Waals surface area contributed by atoms with Crippen molar-refractivity contribution in [1.82, 2.24) is 19.9 Å². The first-order chi connectivity index (χ1) is 11.8. The van der Waals surface area contributed by atoms with E-state index in [4.69, 9.17) is 10.7 Å². The lowest BCUT2D eigenvalue weighted by Gasteiger charge is -2.22. The Labute approximate surface area is 141 Å². The van der Waals surface area contributed by atoms with Crippen molar-refractivity contribution in [2.45, 2.75) is 18.8 Å². The molecule has 0 radical (unpaired) electrons. The Hall–Kier alpha value is -2.66. The minimum atomic E-state index is 0.423. The Morgan fingerprint density at radius 2 is 2.08 bits per heavy atom. The van der Waals surface area contributed by atoms with Crippen molar-refractivity contribution < 1.29 is 0 Å². The summed E-state index contributed by atoms with van der Waals surface area (Å²) in [5.41, 5.74) is 10.2. The molecule has 1 unspecified atom stereocenters. The molecule has 0 aliphatic carbocycles. The number of nitrogens with zero attached hydrogens (tertiary/aromatic N) is 3. The molecule has 5 nitrogen and oxygen atoms in total. The lowest BCUT2D eigenvalue weighted by atomic mass is 9.96. The van der Waals surface area contributed by atoms with Gasteiger partial charge in [0.2, 0.25) is 0 Å². The number of aromatic nitrogens is 3. The van der Waals surface area contributed by atoms with E-state index in [0.29, 0.717) is 11.7 Å². The summed E-state index contributed by atoms with van der Waals surface area (Å²) in [7, 11) is 0. The van der Waals surface area contributed by atoms with Crippen molar-refractivity contribution in [1.29, 1.82) is 0 Å². The summed E-state index contributed by atoms with van der Waals surface area (Å²) >= 11 is 0. The van der Waals surface area contributed by atoms with Gasteiger partial charge in [0.1, 0.15) is 5.82 Å². The van der Waals surface area contributed by atoms with Gasteiger partial charge in [-0.15, -0.1) is 0 Å². The predicted molar refractivity (Wildman–Crippen MR) is 97.6 cm³/mol. The highest BCUT2D eigenvalue weighted by molar-refractivity contribution is 5.76. The van der Waals surface area contributed by atoms with E-state index < -0.39 is 0 Å². The van der Waals surface area contributed by atoms with Crippen molar-refractivity contribution in [2.75, 3.05) is 18.8 Å². The monoisotopic (exact) mass is 319 g/mol. The zero-order valence-corrected chi connectivity index (χ0v) is 13.5. The maximum atomic E-state index is 6.20. The van der Waals surface area contributed by atoms with Crippen molar-refractivity contribution in [3.05, 3.63) is 59.4 Å². The van der Waals surface area contributed by atoms with E-state index in [1.807, 2.05) is 36.5 Å². The summed E-state index contributed by atoms with van der Waals surface area (Å²) in [4.78, 5) is 4.86. The maximum Gasteiger partial charge on any atom is 0.164 e. The van der Waals surface area contributed by atoms with Gasteiger partial charge < -0.3 is 11.1 Å². The van der Waals surface area contributed by atoms with Gasteiger partial charge in [-0.1, -0.05) is 36.4 Å². The number of anilines is 1. The molecular weight excluding hydrogens is 298 g/mol. The quantitative estimate of drug-likeness (QED) is 0.779. The van der Waals surface area contributed by atoms with Crippen LogP contribution in [0, 0.1) is 0 Å². The Balaban J connectivity index is 1.71. The highest BCUT2D eigenvalue weighted by Crippen LogP contribution is 2.25. The van der Waals surface area contributed by atoms with E-state index in [1.165, 1.54) is 6.42 Å². The lowest BCUT2D eigenvalue weighted by molar-refractivity contribution is 0.455. The van der Waals surface area contributed by atoms with Crippen LogP contribution in [0.3, 0.4) is 0 Å². The molecule has 24 heavy (non-hydrogen) atoms. The summed E-state index contributed by atoms with van der Waals surface area (Å²) in [6, 6.07) is 12.2. The van der Waals surface area contributed by atoms with Crippen LogP contribution in [0.5, 0.6) is 0 Å². The molecule has 3 N–H and O–H groups in total. The first-order valence-corrected chi connectivity index (χ1v) is 8.39. The third-order valence-corrected chi connectivity index (χ3v) is 4.52. The molecule has 0 saturated carbocycles. The predicted octanol–water partition coefficient (Wildman–Crippen LogP) is 2.95. The van der Waals surface area contributed by atoms with E-state index in [2.05, 4.69) is 28.6 Å². The molecule has 1 saturated heterocycles. The number of nitrogen functional groups attached to an aromatic ring is 1. The van der Waals surface area contributed by atoms with Crippen molar-refractivity contribution in [3.8, 4) is 0 Å². The van der Waals surface area contributed by atoms with Crippen LogP contribution < -0.4 is 11.1 Å². The van der Waals surface area contributed by atoms with E-state index in [0.717, 1.165) is 42.0 Å². The minimum Gasteiger partial charge on any atom is -0.384 e. The van der Waals surface area contributed by atoms with Gasteiger partial charge in [0.25, 0.3) is 0 Å². The standard InChI is InChI=1S/C19H21N5/c20-18-11-17(15-7-4-10-21-12-15)23-19-16(13-22-24(18)19)9-8-14-5-2-1-3-6-14/h1-3,5-6,8-9,11,13,15,21H,4,7,10,12,20H2. The van der Waals surface area contributed by atoms with E-state index in [1.54, 1.807) is 4.52 Å². The van der Waals surface area contributed by atoms with Crippen LogP contribution in [0.25, 0.3) is 17.8 Å². The Morgan fingerprint density at radius 1 is 1.21 bits per heavy atom. The van der Waals surface area contributed by atoms with Crippen molar-refractivity contribution in [3.63, 3.8) is 0 Å². The Morgan fingerprint density at radius 3 is 2.88 bits per heavy atom. The van der Waals surface area contributed by atoms with E-state index in [9.17, 15) is 0 Å². The molecular formula is C19H21N5. The topological polar surface area (TPSA) is 68.2 Å². The van der Waals surface area contributed by atoms with E-state index in [-0.39, 0.29) is 0 Å². The van der Waals surface area contributed by atoms with E-state index >= 15 is 0 Å². The molecule has 2 aromatic heterocycles. The van der Waals surface area contributed by atoms with Crippen molar-refractivity contribution in [2.24, 2.45) is 0 Å². The number of rotatable bonds is 3. The summed E-state index contributed by atoms with van der Waals surface area (Å²) in [6.45, 7) is 2.05. The van der Waals surface area contributed by atoms with Gasteiger partial charge in [-0.2, -0.15) is 9.61 Å². The smallest absolute Gasteiger partial charge is 0.164 e. The average molecular weight is 319 g/mol. The summed E-state index contributed by atoms with van der Waals surface area (Å²) in [5.74, 6) is 1.06. The molecule has 0 amide bonds.